The van der Waals surface area contributed by atoms with Crippen LogP contribution >= 0.6 is 11.8 Å². The lowest BCUT2D eigenvalue weighted by Crippen LogP contribution is -2.43. The first-order valence-electron chi connectivity index (χ1n) is 3.68. The molecule has 0 spiro atoms. The van der Waals surface area contributed by atoms with E-state index in [1.165, 1.54) is 11.8 Å². The number of hydrazone groups is 1. The molecule has 0 aromatic heterocycles. The number of nitrogens with zero attached hydrogens (tertiary/aromatic N) is 2. The highest BCUT2D eigenvalue weighted by atomic mass is 32.2. The summed E-state index contributed by atoms with van der Waals surface area (Å²) in [7, 11) is 0. The Morgan fingerprint density at radius 3 is 2.67 bits per heavy atom. The molecule has 1 aliphatic heterocycles. The molecule has 4 N–H and O–H groups in total. The van der Waals surface area contributed by atoms with E-state index >= 15 is 0 Å². The number of carbonyl (C=O) groups excluding carboxylic acids is 1. The van der Waals surface area contributed by atoms with Gasteiger partial charge in [0.05, 0.1) is 5.75 Å². The predicted molar refractivity (Wildman–Crippen MR) is 49.5 cm³/mol. The van der Waals surface area contributed by atoms with Gasteiger partial charge in [0.1, 0.15) is 0 Å². The van der Waals surface area contributed by atoms with E-state index in [9.17, 15) is 4.79 Å². The van der Waals surface area contributed by atoms with Crippen LogP contribution in [0.5, 0.6) is 0 Å². The molecular weight excluding hydrogens is 176 g/mol. The quantitative estimate of drug-likeness (QED) is 0.255. The van der Waals surface area contributed by atoms with Crippen molar-refractivity contribution in [3.8, 4) is 0 Å². The number of amidine groups is 1. The molecule has 1 rings (SSSR count). The van der Waals surface area contributed by atoms with Gasteiger partial charge in [0.2, 0.25) is 5.91 Å². The standard InChI is InChI=1S/C6H12N4OS/c7-6(9-8)12-4-5(11)10-2-1-3-10/h1-4,8H2,(H2,7,9). The summed E-state index contributed by atoms with van der Waals surface area (Å²) in [6.45, 7) is 1.75. The highest BCUT2D eigenvalue weighted by Gasteiger charge is 2.19. The van der Waals surface area contributed by atoms with Gasteiger partial charge in [0, 0.05) is 13.1 Å². The Bertz CT molecular complexity index is 202. The summed E-state index contributed by atoms with van der Waals surface area (Å²) < 4.78 is 0. The summed E-state index contributed by atoms with van der Waals surface area (Å²) in [5.74, 6) is 5.35. The number of likely N-dealkylation sites (tertiary alicyclic amines) is 1. The van der Waals surface area contributed by atoms with Crippen molar-refractivity contribution in [1.29, 1.82) is 0 Å². The maximum absolute atomic E-state index is 11.2. The monoisotopic (exact) mass is 188 g/mol. The molecule has 1 aliphatic rings. The lowest BCUT2D eigenvalue weighted by atomic mass is 10.2. The highest BCUT2D eigenvalue weighted by molar-refractivity contribution is 8.14. The van der Waals surface area contributed by atoms with Gasteiger partial charge in [-0.2, -0.15) is 5.10 Å². The number of carbonyl (C=O) groups is 1. The average molecular weight is 188 g/mol. The minimum atomic E-state index is 0.109. The van der Waals surface area contributed by atoms with E-state index in [1.54, 1.807) is 4.90 Å². The van der Waals surface area contributed by atoms with Gasteiger partial charge < -0.3 is 16.5 Å². The maximum Gasteiger partial charge on any atom is 0.233 e. The molecule has 1 saturated heterocycles. The van der Waals surface area contributed by atoms with Crippen molar-refractivity contribution in [1.82, 2.24) is 4.90 Å². The summed E-state index contributed by atoms with van der Waals surface area (Å²) >= 11 is 1.17. The van der Waals surface area contributed by atoms with Crippen molar-refractivity contribution >= 4 is 22.8 Å². The van der Waals surface area contributed by atoms with Gasteiger partial charge in [-0.1, -0.05) is 11.8 Å². The number of amides is 1. The minimum Gasteiger partial charge on any atom is -0.377 e. The van der Waals surface area contributed by atoms with Crippen LogP contribution in [0, 0.1) is 0 Å². The number of thioether (sulfide) groups is 1. The molecule has 0 aliphatic carbocycles. The normalized spacial score (nSPS) is 17.3. The Kier molecular flexibility index (Phi) is 3.21. The first-order chi connectivity index (χ1) is 5.74. The fraction of sp³-hybridized carbons (Fsp3) is 0.667. The molecule has 0 aromatic rings. The lowest BCUT2D eigenvalue weighted by Gasteiger charge is -2.30. The highest BCUT2D eigenvalue weighted by Crippen LogP contribution is 2.09. The van der Waals surface area contributed by atoms with Crippen molar-refractivity contribution < 1.29 is 4.79 Å². The van der Waals surface area contributed by atoms with E-state index in [2.05, 4.69) is 5.10 Å². The molecule has 0 unspecified atom stereocenters. The first-order valence-corrected chi connectivity index (χ1v) is 4.66. The fourth-order valence-corrected chi connectivity index (χ4v) is 1.36. The summed E-state index contributed by atoms with van der Waals surface area (Å²) in [6, 6.07) is 0. The Morgan fingerprint density at radius 1 is 1.58 bits per heavy atom. The second-order valence-corrected chi connectivity index (χ2v) is 3.49. The molecule has 12 heavy (non-hydrogen) atoms. The summed E-state index contributed by atoms with van der Waals surface area (Å²) in [5, 5.41) is 3.50. The third-order valence-electron chi connectivity index (χ3n) is 1.68. The van der Waals surface area contributed by atoms with E-state index in [-0.39, 0.29) is 11.1 Å². The zero-order valence-electron chi connectivity index (χ0n) is 6.69. The molecule has 68 valence electrons. The van der Waals surface area contributed by atoms with Crippen LogP contribution in [-0.4, -0.2) is 34.8 Å². The van der Waals surface area contributed by atoms with E-state index in [0.717, 1.165) is 19.5 Å². The molecule has 0 saturated carbocycles. The molecule has 0 radical (unpaired) electrons. The number of rotatable bonds is 2. The van der Waals surface area contributed by atoms with E-state index in [1.807, 2.05) is 0 Å². The van der Waals surface area contributed by atoms with Crippen LogP contribution in [0.4, 0.5) is 0 Å². The van der Waals surface area contributed by atoms with Gasteiger partial charge in [-0.05, 0) is 6.42 Å². The molecule has 0 bridgehead atoms. The topological polar surface area (TPSA) is 84.7 Å². The van der Waals surface area contributed by atoms with E-state index in [4.69, 9.17) is 11.6 Å². The molecule has 5 nitrogen and oxygen atoms in total. The van der Waals surface area contributed by atoms with Gasteiger partial charge in [-0.25, -0.2) is 0 Å². The predicted octanol–water partition coefficient (Wildman–Crippen LogP) is -0.860. The van der Waals surface area contributed by atoms with Crippen LogP contribution in [0.3, 0.4) is 0 Å². The first kappa shape index (κ1) is 9.18. The largest absolute Gasteiger partial charge is 0.377 e. The Balaban J connectivity index is 2.18. The molecule has 0 atom stereocenters. The zero-order valence-corrected chi connectivity index (χ0v) is 7.51. The summed E-state index contributed by atoms with van der Waals surface area (Å²) in [5.41, 5.74) is 5.30. The van der Waals surface area contributed by atoms with Crippen molar-refractivity contribution in [3.05, 3.63) is 0 Å². The van der Waals surface area contributed by atoms with Crippen LogP contribution in [0.2, 0.25) is 0 Å². The molecule has 1 amide bonds. The third-order valence-corrected chi connectivity index (χ3v) is 2.47. The number of hydrogen-bond donors (Lipinski definition) is 2. The van der Waals surface area contributed by atoms with Gasteiger partial charge in [-0.15, -0.1) is 0 Å². The number of nitrogens with two attached hydrogens (primary N) is 2. The molecule has 6 heteroatoms. The van der Waals surface area contributed by atoms with Crippen molar-refractivity contribution in [2.45, 2.75) is 6.42 Å². The molecule has 1 fully saturated rings. The van der Waals surface area contributed by atoms with Crippen LogP contribution in [-0.2, 0) is 4.79 Å². The van der Waals surface area contributed by atoms with Gasteiger partial charge in [-0.3, -0.25) is 4.79 Å². The molecule has 0 aromatic carbocycles. The van der Waals surface area contributed by atoms with Crippen molar-refractivity contribution in [3.63, 3.8) is 0 Å². The SMILES string of the molecule is NN=C(N)SCC(=O)N1CCC1. The average Bonchev–Trinajstić information content (AvgIpc) is 1.97. The Morgan fingerprint density at radius 2 is 2.25 bits per heavy atom. The second-order valence-electron chi connectivity index (χ2n) is 2.49. The van der Waals surface area contributed by atoms with Crippen molar-refractivity contribution in [2.24, 2.45) is 16.7 Å². The summed E-state index contributed by atoms with van der Waals surface area (Å²) in [6.07, 6.45) is 1.11. The molecular formula is C6H12N4OS. The zero-order chi connectivity index (χ0) is 8.97. The fourth-order valence-electron chi connectivity index (χ4n) is 0.830. The van der Waals surface area contributed by atoms with Crippen molar-refractivity contribution in [2.75, 3.05) is 18.8 Å². The van der Waals surface area contributed by atoms with E-state index in [0.29, 0.717) is 5.75 Å². The lowest BCUT2D eigenvalue weighted by molar-refractivity contribution is -0.131. The third kappa shape index (κ3) is 2.30. The number of hydrogen-bond acceptors (Lipinski definition) is 4. The second kappa shape index (κ2) is 4.20. The van der Waals surface area contributed by atoms with Gasteiger partial charge >= 0.3 is 0 Å². The van der Waals surface area contributed by atoms with Crippen LogP contribution in [0.25, 0.3) is 0 Å². The van der Waals surface area contributed by atoms with Gasteiger partial charge in [0.25, 0.3) is 0 Å². The smallest absolute Gasteiger partial charge is 0.233 e. The van der Waals surface area contributed by atoms with Crippen LogP contribution < -0.4 is 11.6 Å². The van der Waals surface area contributed by atoms with Crippen LogP contribution in [0.1, 0.15) is 6.42 Å². The maximum atomic E-state index is 11.2. The minimum absolute atomic E-state index is 0.109. The Hall–Kier alpha value is -0.910. The summed E-state index contributed by atoms with van der Waals surface area (Å²) in [4.78, 5) is 13.0. The van der Waals surface area contributed by atoms with E-state index < -0.39 is 0 Å². The van der Waals surface area contributed by atoms with Gasteiger partial charge in [0.15, 0.2) is 5.17 Å². The molecule has 1 heterocycles. The Labute approximate surface area is 75.1 Å². The van der Waals surface area contributed by atoms with Crippen LogP contribution in [0.15, 0.2) is 5.10 Å².